The van der Waals surface area contributed by atoms with Crippen LogP contribution in [0.4, 0.5) is 5.69 Å². The zero-order chi connectivity index (χ0) is 23.2. The molecule has 0 fully saturated rings. The van der Waals surface area contributed by atoms with Gasteiger partial charge in [-0.2, -0.15) is 0 Å². The maximum Gasteiger partial charge on any atom is 0.264 e. The molecule has 0 saturated heterocycles. The molecule has 31 heavy (non-hydrogen) atoms. The number of nitrogens with one attached hydrogen (secondary N) is 2. The lowest BCUT2D eigenvalue weighted by molar-refractivity contribution is -0.120. The van der Waals surface area contributed by atoms with Crippen molar-refractivity contribution in [3.63, 3.8) is 0 Å². The highest BCUT2D eigenvalue weighted by molar-refractivity contribution is 7.90. The number of hydrogen-bond donors (Lipinski definition) is 3. The molecule has 0 saturated carbocycles. The Morgan fingerprint density at radius 1 is 1.03 bits per heavy atom. The van der Waals surface area contributed by atoms with E-state index in [4.69, 9.17) is 10.5 Å². The molecule has 0 heterocycles. The van der Waals surface area contributed by atoms with Crippen LogP contribution in [0.3, 0.4) is 0 Å². The summed E-state index contributed by atoms with van der Waals surface area (Å²) in [5.41, 5.74) is 6.42. The first kappa shape index (κ1) is 24.4. The maximum absolute atomic E-state index is 12.6. The molecule has 0 aromatic heterocycles. The van der Waals surface area contributed by atoms with Crippen LogP contribution in [0.5, 0.6) is 5.75 Å². The molecule has 2 aromatic rings. The molecule has 2 aromatic carbocycles. The summed E-state index contributed by atoms with van der Waals surface area (Å²) >= 11 is 0. The van der Waals surface area contributed by atoms with Gasteiger partial charge in [0.1, 0.15) is 5.75 Å². The SMILES string of the molecule is CC(C)C[C@H](N)C(=O)NS(=O)(=O)c1cccc(NC(=O)c2ccc(OC(C)C)cc2)c1. The monoisotopic (exact) mass is 447 g/mol. The predicted octanol–water partition coefficient (Wildman–Crippen LogP) is 2.90. The zero-order valence-corrected chi connectivity index (χ0v) is 18.9. The van der Waals surface area contributed by atoms with E-state index in [0.717, 1.165) is 0 Å². The van der Waals surface area contributed by atoms with E-state index < -0.39 is 27.9 Å². The second kappa shape index (κ2) is 10.4. The fraction of sp³-hybridized carbons (Fsp3) is 0.364. The number of carbonyl (C=O) groups excluding carboxylic acids is 2. The minimum atomic E-state index is -4.13. The van der Waals surface area contributed by atoms with Gasteiger partial charge in [-0.3, -0.25) is 9.59 Å². The topological polar surface area (TPSA) is 128 Å². The highest BCUT2D eigenvalue weighted by Gasteiger charge is 2.23. The molecule has 0 unspecified atom stereocenters. The summed E-state index contributed by atoms with van der Waals surface area (Å²) < 4.78 is 32.6. The van der Waals surface area contributed by atoms with Gasteiger partial charge in [-0.15, -0.1) is 0 Å². The number of sulfonamides is 1. The Kier molecular flexibility index (Phi) is 8.18. The summed E-state index contributed by atoms with van der Waals surface area (Å²) in [6.45, 7) is 7.58. The minimum Gasteiger partial charge on any atom is -0.491 e. The van der Waals surface area contributed by atoms with E-state index in [1.165, 1.54) is 18.2 Å². The highest BCUT2D eigenvalue weighted by atomic mass is 32.2. The first-order valence-electron chi connectivity index (χ1n) is 9.98. The molecule has 0 aliphatic carbocycles. The molecule has 1 atom stereocenters. The number of ether oxygens (including phenoxy) is 1. The summed E-state index contributed by atoms with van der Waals surface area (Å²) in [5, 5.41) is 2.65. The van der Waals surface area contributed by atoms with Crippen molar-refractivity contribution < 1.29 is 22.7 Å². The van der Waals surface area contributed by atoms with Crippen molar-refractivity contribution in [1.82, 2.24) is 4.72 Å². The minimum absolute atomic E-state index is 0.0183. The number of nitrogens with two attached hydrogens (primary N) is 1. The van der Waals surface area contributed by atoms with Crippen LogP contribution in [-0.2, 0) is 14.8 Å². The molecular formula is C22H29N3O5S. The molecule has 4 N–H and O–H groups in total. The number of benzene rings is 2. The molecule has 8 nitrogen and oxygen atoms in total. The average Bonchev–Trinajstić information content (AvgIpc) is 2.67. The lowest BCUT2D eigenvalue weighted by atomic mass is 10.0. The van der Waals surface area contributed by atoms with Crippen molar-refractivity contribution in [2.45, 2.75) is 51.2 Å². The van der Waals surface area contributed by atoms with E-state index in [9.17, 15) is 18.0 Å². The lowest BCUT2D eigenvalue weighted by Crippen LogP contribution is -2.43. The van der Waals surface area contributed by atoms with Crippen molar-refractivity contribution in [3.8, 4) is 5.75 Å². The van der Waals surface area contributed by atoms with Gasteiger partial charge in [-0.25, -0.2) is 13.1 Å². The van der Waals surface area contributed by atoms with E-state index in [-0.39, 0.29) is 22.6 Å². The fourth-order valence-corrected chi connectivity index (χ4v) is 3.86. The van der Waals surface area contributed by atoms with Crippen molar-refractivity contribution in [3.05, 3.63) is 54.1 Å². The Hall–Kier alpha value is -2.91. The Labute approximate surface area is 183 Å². The summed E-state index contributed by atoms with van der Waals surface area (Å²) in [4.78, 5) is 24.4. The third-order valence-electron chi connectivity index (χ3n) is 4.19. The van der Waals surface area contributed by atoms with E-state index in [1.54, 1.807) is 30.3 Å². The van der Waals surface area contributed by atoms with E-state index in [2.05, 4.69) is 5.32 Å². The normalized spacial score (nSPS) is 12.5. The first-order valence-corrected chi connectivity index (χ1v) is 11.5. The number of anilines is 1. The van der Waals surface area contributed by atoms with Gasteiger partial charge < -0.3 is 15.8 Å². The van der Waals surface area contributed by atoms with Gasteiger partial charge in [-0.1, -0.05) is 19.9 Å². The van der Waals surface area contributed by atoms with Gasteiger partial charge in [0.15, 0.2) is 0 Å². The second-order valence-corrected chi connectivity index (χ2v) is 9.56. The third-order valence-corrected chi connectivity index (χ3v) is 5.53. The van der Waals surface area contributed by atoms with Crippen LogP contribution in [0.15, 0.2) is 53.4 Å². The molecule has 2 amide bonds. The largest absolute Gasteiger partial charge is 0.491 e. The van der Waals surface area contributed by atoms with Crippen LogP contribution in [-0.4, -0.2) is 32.4 Å². The van der Waals surface area contributed by atoms with Crippen molar-refractivity contribution >= 4 is 27.5 Å². The Morgan fingerprint density at radius 3 is 2.26 bits per heavy atom. The van der Waals surface area contributed by atoms with Gasteiger partial charge in [0.05, 0.1) is 17.0 Å². The van der Waals surface area contributed by atoms with Crippen LogP contribution >= 0.6 is 0 Å². The molecule has 0 spiro atoms. The lowest BCUT2D eigenvalue weighted by Gasteiger charge is -2.15. The van der Waals surface area contributed by atoms with Crippen molar-refractivity contribution in [2.75, 3.05) is 5.32 Å². The Bertz CT molecular complexity index is 1020. The van der Waals surface area contributed by atoms with Crippen molar-refractivity contribution in [2.24, 2.45) is 11.7 Å². The predicted molar refractivity (Wildman–Crippen MR) is 119 cm³/mol. The summed E-state index contributed by atoms with van der Waals surface area (Å²) in [5.74, 6) is -0.389. The average molecular weight is 448 g/mol. The van der Waals surface area contributed by atoms with Gasteiger partial charge in [0.2, 0.25) is 0 Å². The zero-order valence-electron chi connectivity index (χ0n) is 18.1. The van der Waals surface area contributed by atoms with Crippen LogP contribution in [0.2, 0.25) is 0 Å². The number of hydrogen-bond acceptors (Lipinski definition) is 6. The first-order chi connectivity index (χ1) is 14.5. The molecule has 168 valence electrons. The standard InChI is InChI=1S/C22H29N3O5S/c1-14(2)12-20(23)22(27)25-31(28,29)19-7-5-6-17(13-19)24-21(26)16-8-10-18(11-9-16)30-15(3)4/h5-11,13-15,20H,12,23H2,1-4H3,(H,24,26)(H,25,27)/t20-/m0/s1. The van der Waals surface area contributed by atoms with Crippen LogP contribution < -0.4 is 20.5 Å². The molecule has 0 aliphatic rings. The smallest absolute Gasteiger partial charge is 0.264 e. The summed E-state index contributed by atoms with van der Waals surface area (Å²) in [6, 6.07) is 11.3. The number of rotatable bonds is 9. The third kappa shape index (κ3) is 7.37. The van der Waals surface area contributed by atoms with E-state index >= 15 is 0 Å². The summed E-state index contributed by atoms with van der Waals surface area (Å²) in [7, 11) is -4.13. The van der Waals surface area contributed by atoms with Gasteiger partial charge >= 0.3 is 0 Å². The fourth-order valence-electron chi connectivity index (χ4n) is 2.78. The van der Waals surface area contributed by atoms with E-state index in [1.807, 2.05) is 32.4 Å². The van der Waals surface area contributed by atoms with Gasteiger partial charge in [-0.05, 0) is 68.7 Å². The molecule has 0 aliphatic heterocycles. The van der Waals surface area contributed by atoms with Crippen LogP contribution in [0.1, 0.15) is 44.5 Å². The Morgan fingerprint density at radius 2 is 1.68 bits per heavy atom. The van der Waals surface area contributed by atoms with Crippen molar-refractivity contribution in [1.29, 1.82) is 0 Å². The second-order valence-electron chi connectivity index (χ2n) is 7.88. The van der Waals surface area contributed by atoms with Gasteiger partial charge in [0.25, 0.3) is 21.8 Å². The molecule has 0 radical (unpaired) electrons. The van der Waals surface area contributed by atoms with Crippen LogP contribution in [0.25, 0.3) is 0 Å². The van der Waals surface area contributed by atoms with Gasteiger partial charge in [0, 0.05) is 11.3 Å². The quantitative estimate of drug-likeness (QED) is 0.542. The molecule has 0 bridgehead atoms. The highest BCUT2D eigenvalue weighted by Crippen LogP contribution is 2.18. The Balaban J connectivity index is 2.10. The van der Waals surface area contributed by atoms with Crippen LogP contribution in [0, 0.1) is 5.92 Å². The number of carbonyl (C=O) groups is 2. The molecule has 9 heteroatoms. The van der Waals surface area contributed by atoms with E-state index in [0.29, 0.717) is 17.7 Å². The number of amides is 2. The molecular weight excluding hydrogens is 418 g/mol. The summed E-state index contributed by atoms with van der Waals surface area (Å²) in [6.07, 6.45) is 0.378. The maximum atomic E-state index is 12.6. The molecule has 2 rings (SSSR count).